The van der Waals surface area contributed by atoms with E-state index in [1.807, 2.05) is 17.5 Å². The van der Waals surface area contributed by atoms with Crippen molar-refractivity contribution in [3.63, 3.8) is 0 Å². The van der Waals surface area contributed by atoms with E-state index in [1.165, 1.54) is 11.3 Å². The summed E-state index contributed by atoms with van der Waals surface area (Å²) in [6, 6.07) is 7.36. The van der Waals surface area contributed by atoms with Crippen LogP contribution in [-0.4, -0.2) is 23.8 Å². The third kappa shape index (κ3) is 3.82. The molecule has 126 valence electrons. The molecule has 6 heteroatoms. The van der Waals surface area contributed by atoms with Crippen LogP contribution in [0.3, 0.4) is 0 Å². The zero-order valence-corrected chi connectivity index (χ0v) is 14.5. The van der Waals surface area contributed by atoms with Crippen molar-refractivity contribution in [1.29, 1.82) is 0 Å². The lowest BCUT2D eigenvalue weighted by Crippen LogP contribution is -2.29. The van der Waals surface area contributed by atoms with Gasteiger partial charge in [-0.2, -0.15) is 0 Å². The van der Waals surface area contributed by atoms with Gasteiger partial charge >= 0.3 is 0 Å². The van der Waals surface area contributed by atoms with Gasteiger partial charge in [0.05, 0.1) is 0 Å². The van der Waals surface area contributed by atoms with Gasteiger partial charge in [-0.05, 0) is 30.5 Å². The zero-order valence-electron chi connectivity index (χ0n) is 13.7. The van der Waals surface area contributed by atoms with E-state index in [4.69, 9.17) is 0 Å². The number of amides is 2. The minimum Gasteiger partial charge on any atom is -0.352 e. The normalized spacial score (nSPS) is 14.5. The maximum atomic E-state index is 12.4. The number of rotatable bonds is 5. The molecule has 1 N–H and O–H groups in total. The molecule has 5 nitrogen and oxygen atoms in total. The van der Waals surface area contributed by atoms with Crippen molar-refractivity contribution >= 4 is 28.3 Å². The average molecular weight is 343 g/mol. The first kappa shape index (κ1) is 16.6. The molecule has 0 aliphatic heterocycles. The topological polar surface area (TPSA) is 62.3 Å². The molecular weight excluding hydrogens is 322 g/mol. The van der Waals surface area contributed by atoms with E-state index in [1.54, 1.807) is 30.3 Å². The summed E-state index contributed by atoms with van der Waals surface area (Å²) in [6.45, 7) is 0.506. The highest BCUT2D eigenvalue weighted by molar-refractivity contribution is 7.13. The Morgan fingerprint density at radius 2 is 1.96 bits per heavy atom. The van der Waals surface area contributed by atoms with Crippen LogP contribution >= 0.6 is 11.3 Å². The predicted molar refractivity (Wildman–Crippen MR) is 95.1 cm³/mol. The molecule has 1 aliphatic rings. The van der Waals surface area contributed by atoms with Crippen LogP contribution in [0.2, 0.25) is 0 Å². The van der Waals surface area contributed by atoms with E-state index in [2.05, 4.69) is 10.3 Å². The van der Waals surface area contributed by atoms with Gasteiger partial charge in [-0.25, -0.2) is 4.98 Å². The van der Waals surface area contributed by atoms with Crippen molar-refractivity contribution in [3.05, 3.63) is 47.0 Å². The quantitative estimate of drug-likeness (QED) is 0.907. The Kier molecular flexibility index (Phi) is 5.25. The van der Waals surface area contributed by atoms with Crippen LogP contribution < -0.4 is 10.2 Å². The summed E-state index contributed by atoms with van der Waals surface area (Å²) in [5.74, 6) is 0.237. The van der Waals surface area contributed by atoms with Crippen LogP contribution in [0, 0.1) is 5.92 Å². The summed E-state index contributed by atoms with van der Waals surface area (Å²) in [5, 5.41) is 5.51. The van der Waals surface area contributed by atoms with Crippen molar-refractivity contribution in [1.82, 2.24) is 10.3 Å². The molecule has 1 aliphatic carbocycles. The monoisotopic (exact) mass is 343 g/mol. The van der Waals surface area contributed by atoms with Crippen molar-refractivity contribution in [2.75, 3.05) is 11.9 Å². The van der Waals surface area contributed by atoms with Crippen LogP contribution in [0.25, 0.3) is 0 Å². The highest BCUT2D eigenvalue weighted by atomic mass is 32.1. The molecule has 0 unspecified atom stereocenters. The molecule has 0 bridgehead atoms. The Bertz CT molecular complexity index is 692. The number of hydrogen-bond donors (Lipinski definition) is 1. The molecule has 1 aromatic heterocycles. The number of carbonyl (C=O) groups is 2. The van der Waals surface area contributed by atoms with E-state index in [0.717, 1.165) is 31.2 Å². The molecule has 0 saturated heterocycles. The van der Waals surface area contributed by atoms with Gasteiger partial charge in [0, 0.05) is 36.7 Å². The molecule has 0 radical (unpaired) electrons. The van der Waals surface area contributed by atoms with Gasteiger partial charge in [-0.1, -0.05) is 25.0 Å². The minimum atomic E-state index is -0.0912. The van der Waals surface area contributed by atoms with Gasteiger partial charge in [0.25, 0.3) is 5.91 Å². The molecule has 3 rings (SSSR count). The van der Waals surface area contributed by atoms with Crippen LogP contribution in [-0.2, 0) is 11.3 Å². The average Bonchev–Trinajstić information content (AvgIpc) is 3.32. The molecule has 1 saturated carbocycles. The first-order valence-corrected chi connectivity index (χ1v) is 9.07. The second kappa shape index (κ2) is 7.57. The molecule has 1 heterocycles. The standard InChI is InChI=1S/C18H21N3O2S/c1-21(18-19-10-11-24-18)17(23)15-8-6-13(7-9-15)12-20-16(22)14-4-2-3-5-14/h6-11,14H,2-5,12H2,1H3,(H,20,22). The van der Waals surface area contributed by atoms with Crippen LogP contribution in [0.1, 0.15) is 41.6 Å². The van der Waals surface area contributed by atoms with Crippen LogP contribution in [0.4, 0.5) is 5.13 Å². The fourth-order valence-corrected chi connectivity index (χ4v) is 3.55. The second-order valence-electron chi connectivity index (χ2n) is 6.07. The molecule has 2 aromatic rings. The predicted octanol–water partition coefficient (Wildman–Crippen LogP) is 3.23. The molecule has 24 heavy (non-hydrogen) atoms. The number of nitrogens with zero attached hydrogens (tertiary/aromatic N) is 2. The number of hydrogen-bond acceptors (Lipinski definition) is 4. The number of anilines is 1. The van der Waals surface area contributed by atoms with Crippen LogP contribution in [0.5, 0.6) is 0 Å². The molecule has 0 atom stereocenters. The zero-order chi connectivity index (χ0) is 16.9. The Morgan fingerprint density at radius 1 is 1.25 bits per heavy atom. The van der Waals surface area contributed by atoms with E-state index in [9.17, 15) is 9.59 Å². The van der Waals surface area contributed by atoms with E-state index < -0.39 is 0 Å². The Morgan fingerprint density at radius 3 is 2.58 bits per heavy atom. The van der Waals surface area contributed by atoms with Crippen molar-refractivity contribution in [2.45, 2.75) is 32.2 Å². The number of nitrogens with one attached hydrogen (secondary N) is 1. The van der Waals surface area contributed by atoms with Gasteiger partial charge in [-0.15, -0.1) is 11.3 Å². The number of benzene rings is 1. The minimum absolute atomic E-state index is 0.0912. The Balaban J connectivity index is 1.56. The van der Waals surface area contributed by atoms with Gasteiger partial charge in [0.15, 0.2) is 5.13 Å². The molecule has 1 fully saturated rings. The number of carbonyl (C=O) groups excluding carboxylic acids is 2. The smallest absolute Gasteiger partial charge is 0.259 e. The molecule has 2 amide bonds. The fraction of sp³-hybridized carbons (Fsp3) is 0.389. The lowest BCUT2D eigenvalue weighted by atomic mass is 10.1. The lowest BCUT2D eigenvalue weighted by molar-refractivity contribution is -0.124. The number of aromatic nitrogens is 1. The molecule has 0 spiro atoms. The molecular formula is C18H21N3O2S. The van der Waals surface area contributed by atoms with Crippen molar-refractivity contribution in [3.8, 4) is 0 Å². The summed E-state index contributed by atoms with van der Waals surface area (Å²) in [7, 11) is 1.72. The Labute approximate surface area is 145 Å². The van der Waals surface area contributed by atoms with Gasteiger partial charge in [0.2, 0.25) is 5.91 Å². The van der Waals surface area contributed by atoms with E-state index >= 15 is 0 Å². The SMILES string of the molecule is CN(C(=O)c1ccc(CNC(=O)C2CCCC2)cc1)c1nccs1. The fourth-order valence-electron chi connectivity index (χ4n) is 2.95. The maximum Gasteiger partial charge on any atom is 0.259 e. The summed E-state index contributed by atoms with van der Waals surface area (Å²) < 4.78 is 0. The molecule has 1 aromatic carbocycles. The maximum absolute atomic E-state index is 12.4. The largest absolute Gasteiger partial charge is 0.352 e. The summed E-state index contributed by atoms with van der Waals surface area (Å²) >= 11 is 1.43. The van der Waals surface area contributed by atoms with Gasteiger partial charge in [-0.3, -0.25) is 14.5 Å². The highest BCUT2D eigenvalue weighted by Crippen LogP contribution is 2.24. The van der Waals surface area contributed by atoms with Gasteiger partial charge in [0.1, 0.15) is 0 Å². The second-order valence-corrected chi connectivity index (χ2v) is 6.95. The van der Waals surface area contributed by atoms with Crippen molar-refractivity contribution < 1.29 is 9.59 Å². The highest BCUT2D eigenvalue weighted by Gasteiger charge is 2.22. The third-order valence-electron chi connectivity index (χ3n) is 4.40. The van der Waals surface area contributed by atoms with E-state index in [-0.39, 0.29) is 17.7 Å². The lowest BCUT2D eigenvalue weighted by Gasteiger charge is -2.14. The summed E-state index contributed by atoms with van der Waals surface area (Å²) in [5.41, 5.74) is 1.60. The van der Waals surface area contributed by atoms with Crippen LogP contribution in [0.15, 0.2) is 35.8 Å². The Hall–Kier alpha value is -2.21. The number of thiazole rings is 1. The first-order chi connectivity index (χ1) is 11.6. The van der Waals surface area contributed by atoms with E-state index in [0.29, 0.717) is 17.2 Å². The van der Waals surface area contributed by atoms with Gasteiger partial charge < -0.3 is 5.32 Å². The third-order valence-corrected chi connectivity index (χ3v) is 5.25. The summed E-state index contributed by atoms with van der Waals surface area (Å²) in [4.78, 5) is 30.1. The first-order valence-electron chi connectivity index (χ1n) is 8.19. The summed E-state index contributed by atoms with van der Waals surface area (Å²) in [6.07, 6.45) is 5.99. The van der Waals surface area contributed by atoms with Crippen molar-refractivity contribution in [2.24, 2.45) is 5.92 Å².